The number of hydrogen-bond acceptors (Lipinski definition) is 4. The van der Waals surface area contributed by atoms with Gasteiger partial charge in [-0.05, 0) is 24.6 Å². The second kappa shape index (κ2) is 13.6. The van der Waals surface area contributed by atoms with Gasteiger partial charge in [-0.3, -0.25) is 4.78 Å². The molecule has 0 fully saturated rings. The Kier molecular flexibility index (Phi) is 12.5. The van der Waals surface area contributed by atoms with Crippen LogP contribution in [0.5, 0.6) is 0 Å². The molecule has 0 saturated carbocycles. The molecule has 1 N–H and O–H groups in total. The van der Waals surface area contributed by atoms with Gasteiger partial charge in [-0.2, -0.15) is 13.8 Å². The molecule has 0 aliphatic heterocycles. The van der Waals surface area contributed by atoms with E-state index in [-0.39, 0.29) is 4.75 Å². The van der Waals surface area contributed by atoms with Crippen molar-refractivity contribution in [2.45, 2.75) is 38.9 Å². The molecular formula is C22H32F2N4OS. The molecule has 0 amide bonds. The van der Waals surface area contributed by atoms with Crippen LogP contribution in [0.3, 0.4) is 0 Å². The minimum absolute atomic E-state index is 0.103. The summed E-state index contributed by atoms with van der Waals surface area (Å²) in [5, 5.41) is 0. The molecule has 1 heterocycles. The van der Waals surface area contributed by atoms with Crippen molar-refractivity contribution in [3.8, 4) is 12.3 Å². The molecule has 0 aliphatic rings. The topological polar surface area (TPSA) is 61.6 Å². The summed E-state index contributed by atoms with van der Waals surface area (Å²) >= 11 is 0. The van der Waals surface area contributed by atoms with Gasteiger partial charge in [0.1, 0.15) is 11.6 Å². The highest BCUT2D eigenvalue weighted by molar-refractivity contribution is 7.87. The van der Waals surface area contributed by atoms with Crippen molar-refractivity contribution in [1.82, 2.24) is 9.88 Å². The molecule has 30 heavy (non-hydrogen) atoms. The Bertz CT molecular complexity index is 814. The first-order chi connectivity index (χ1) is 13.9. The van der Waals surface area contributed by atoms with Crippen molar-refractivity contribution < 1.29 is 13.5 Å². The highest BCUT2D eigenvalue weighted by Crippen LogP contribution is 2.16. The average molecular weight is 439 g/mol. The van der Waals surface area contributed by atoms with E-state index in [1.54, 1.807) is 14.0 Å². The first-order valence-corrected chi connectivity index (χ1v) is 10.6. The molecule has 5 nitrogen and oxygen atoms in total. The highest BCUT2D eigenvalue weighted by atomic mass is 32.2. The van der Waals surface area contributed by atoms with E-state index in [4.69, 9.17) is 9.52 Å². The van der Waals surface area contributed by atoms with Gasteiger partial charge < -0.3 is 9.64 Å². The zero-order valence-corrected chi connectivity index (χ0v) is 19.6. The zero-order chi connectivity index (χ0) is 23.3. The van der Waals surface area contributed by atoms with E-state index in [1.165, 1.54) is 12.3 Å². The van der Waals surface area contributed by atoms with Gasteiger partial charge in [0, 0.05) is 43.6 Å². The quantitative estimate of drug-likeness (QED) is 0.214. The molecule has 8 heteroatoms. The Morgan fingerprint density at radius 1 is 1.33 bits per heavy atom. The number of methoxy groups -OCH3 is 1. The number of nitrogens with zero attached hydrogens (tertiary/aromatic N) is 3. The average Bonchev–Trinajstić information content (AvgIpc) is 2.61. The molecule has 1 aromatic rings. The molecule has 0 spiro atoms. The summed E-state index contributed by atoms with van der Waals surface area (Å²) in [6, 6.07) is 2.27. The Balaban J connectivity index is 0.00000263. The van der Waals surface area contributed by atoms with Crippen LogP contribution in [-0.4, -0.2) is 47.4 Å². The van der Waals surface area contributed by atoms with E-state index in [2.05, 4.69) is 22.3 Å². The summed E-state index contributed by atoms with van der Waals surface area (Å²) in [7, 11) is 4.76. The standard InChI is InChI=1S/C19H28F2N4OS.C3H4/c1-19(2,3)27(22)13-15(26-6)7-8-18(25(4)5)23-10-9-14-11-16(20)24-17(21)12-14;1-3-2/h7,9-12,22H,8,13H2,1-6H3;1H,2H3/b10-9+,15-7+,23-18?;. The van der Waals surface area contributed by atoms with E-state index >= 15 is 0 Å². The van der Waals surface area contributed by atoms with E-state index in [0.29, 0.717) is 17.7 Å². The molecule has 0 aliphatic carbocycles. The van der Waals surface area contributed by atoms with Gasteiger partial charge in [0.25, 0.3) is 0 Å². The van der Waals surface area contributed by atoms with Crippen LogP contribution in [0.25, 0.3) is 6.08 Å². The van der Waals surface area contributed by atoms with Crippen LogP contribution in [0.1, 0.15) is 39.7 Å². The monoisotopic (exact) mass is 438 g/mol. The number of amidine groups is 1. The molecular weight excluding hydrogens is 406 g/mol. The SMILES string of the molecule is C#CC.CO/C(=C/CC(=N/C=C/c1cc(F)nc(F)c1)N(C)C)CS(=N)C(C)(C)C. The van der Waals surface area contributed by atoms with Gasteiger partial charge in [0.05, 0.1) is 12.9 Å². The van der Waals surface area contributed by atoms with Crippen LogP contribution in [0.2, 0.25) is 0 Å². The summed E-state index contributed by atoms with van der Waals surface area (Å²) in [5.41, 5.74) is 0.346. The number of nitrogens with one attached hydrogen (secondary N) is 1. The first-order valence-electron chi connectivity index (χ1n) is 9.20. The summed E-state index contributed by atoms with van der Waals surface area (Å²) in [5.74, 6) is 2.55. The Morgan fingerprint density at radius 2 is 1.87 bits per heavy atom. The number of halogens is 2. The number of hydrogen-bond donors (Lipinski definition) is 1. The van der Waals surface area contributed by atoms with Gasteiger partial charge in [-0.25, -0.2) is 4.99 Å². The number of rotatable bonds is 7. The maximum atomic E-state index is 13.1. The largest absolute Gasteiger partial charge is 0.501 e. The summed E-state index contributed by atoms with van der Waals surface area (Å²) in [4.78, 5) is 9.27. The predicted molar refractivity (Wildman–Crippen MR) is 123 cm³/mol. The minimum atomic E-state index is -0.872. The molecule has 0 bridgehead atoms. The summed E-state index contributed by atoms with van der Waals surface area (Å²) in [6.07, 6.45) is 10.0. The first kappa shape index (κ1) is 27.5. The van der Waals surface area contributed by atoms with Gasteiger partial charge >= 0.3 is 0 Å². The lowest BCUT2D eigenvalue weighted by Gasteiger charge is -2.22. The van der Waals surface area contributed by atoms with Crippen molar-refractivity contribution in [1.29, 1.82) is 4.78 Å². The summed E-state index contributed by atoms with van der Waals surface area (Å²) < 4.78 is 39.8. The fraction of sp³-hybridized carbons (Fsp3) is 0.455. The predicted octanol–water partition coefficient (Wildman–Crippen LogP) is 5.03. The highest BCUT2D eigenvalue weighted by Gasteiger charge is 2.17. The van der Waals surface area contributed by atoms with Crippen LogP contribution >= 0.6 is 0 Å². The van der Waals surface area contributed by atoms with Gasteiger partial charge in [0.15, 0.2) is 0 Å². The van der Waals surface area contributed by atoms with Crippen LogP contribution in [0.15, 0.2) is 35.2 Å². The molecule has 166 valence electrons. The van der Waals surface area contributed by atoms with E-state index in [0.717, 1.165) is 23.7 Å². The number of aromatic nitrogens is 1. The van der Waals surface area contributed by atoms with Crippen LogP contribution in [0.4, 0.5) is 8.78 Å². The number of terminal acetylenes is 1. The van der Waals surface area contributed by atoms with Crippen molar-refractivity contribution >= 4 is 22.6 Å². The van der Waals surface area contributed by atoms with Gasteiger partial charge in [0.2, 0.25) is 11.9 Å². The third-order valence-corrected chi connectivity index (χ3v) is 5.64. The van der Waals surface area contributed by atoms with Crippen LogP contribution < -0.4 is 0 Å². The lowest BCUT2D eigenvalue weighted by molar-refractivity contribution is 0.294. The maximum absolute atomic E-state index is 13.1. The second-order valence-corrected chi connectivity index (χ2v) is 9.61. The van der Waals surface area contributed by atoms with Crippen LogP contribution in [0, 0.1) is 29.0 Å². The number of pyridine rings is 1. The van der Waals surface area contributed by atoms with E-state index < -0.39 is 22.6 Å². The van der Waals surface area contributed by atoms with Gasteiger partial charge in [-0.1, -0.05) is 31.5 Å². The molecule has 0 saturated heterocycles. The Labute approximate surface area is 181 Å². The fourth-order valence-electron chi connectivity index (χ4n) is 1.90. The smallest absolute Gasteiger partial charge is 0.216 e. The van der Waals surface area contributed by atoms with E-state index in [9.17, 15) is 8.78 Å². The lowest BCUT2D eigenvalue weighted by Crippen LogP contribution is -2.24. The Hall–Kier alpha value is -2.53. The summed E-state index contributed by atoms with van der Waals surface area (Å²) in [6.45, 7) is 7.77. The fourth-order valence-corrected chi connectivity index (χ4v) is 2.86. The third-order valence-electron chi connectivity index (χ3n) is 3.59. The van der Waals surface area contributed by atoms with Crippen LogP contribution in [-0.2, 0) is 15.4 Å². The molecule has 1 rings (SSSR count). The molecule has 0 aromatic carbocycles. The Morgan fingerprint density at radius 3 is 2.30 bits per heavy atom. The molecule has 1 aromatic heterocycles. The third kappa shape index (κ3) is 11.5. The number of ether oxygens (including phenoxy) is 1. The van der Waals surface area contributed by atoms with Gasteiger partial charge in [-0.15, -0.1) is 12.3 Å². The lowest BCUT2D eigenvalue weighted by atomic mass is 10.2. The maximum Gasteiger partial charge on any atom is 0.216 e. The normalized spacial score (nSPS) is 13.3. The second-order valence-electron chi connectivity index (χ2n) is 7.32. The molecule has 0 radical (unpaired) electrons. The van der Waals surface area contributed by atoms with Crippen molar-refractivity contribution in [3.63, 3.8) is 0 Å². The number of aliphatic imine (C=N–C) groups is 1. The zero-order valence-electron chi connectivity index (χ0n) is 18.8. The van der Waals surface area contributed by atoms with Crippen molar-refractivity contribution in [2.24, 2.45) is 4.99 Å². The van der Waals surface area contributed by atoms with Crippen molar-refractivity contribution in [3.05, 3.63) is 47.6 Å². The van der Waals surface area contributed by atoms with Crippen molar-refractivity contribution in [2.75, 3.05) is 27.0 Å². The van der Waals surface area contributed by atoms with E-state index in [1.807, 2.05) is 45.8 Å². The molecule has 1 unspecified atom stereocenters. The molecule has 1 atom stereocenters. The minimum Gasteiger partial charge on any atom is -0.501 e.